The number of halogens is 3. The summed E-state index contributed by atoms with van der Waals surface area (Å²) in [7, 11) is 0. The second-order valence-corrected chi connectivity index (χ2v) is 2.95. The summed E-state index contributed by atoms with van der Waals surface area (Å²) in [5, 5.41) is 10.4. The van der Waals surface area contributed by atoms with Crippen molar-refractivity contribution in [3.05, 3.63) is 45.5 Å². The van der Waals surface area contributed by atoms with E-state index in [4.69, 9.17) is 11.6 Å². The van der Waals surface area contributed by atoms with Crippen LogP contribution < -0.4 is 0 Å². The van der Waals surface area contributed by atoms with Crippen molar-refractivity contribution >= 4 is 23.4 Å². The highest BCUT2D eigenvalue weighted by Gasteiger charge is 2.16. The van der Waals surface area contributed by atoms with Gasteiger partial charge in [0.1, 0.15) is 5.82 Å². The molecule has 0 aromatic heterocycles. The van der Waals surface area contributed by atoms with Gasteiger partial charge < -0.3 is 0 Å². The lowest BCUT2D eigenvalue weighted by molar-refractivity contribution is -0.387. The number of hydrogen-bond donors (Lipinski definition) is 0. The van der Waals surface area contributed by atoms with E-state index in [0.717, 1.165) is 6.07 Å². The van der Waals surface area contributed by atoms with E-state index in [1.165, 1.54) is 12.2 Å². The fraction of sp³-hybridized carbons (Fsp3) is 0.111. The quantitative estimate of drug-likeness (QED) is 0.457. The molecule has 0 saturated carbocycles. The molecular weight excluding hydrogens is 228 g/mol. The number of rotatable bonds is 3. The summed E-state index contributed by atoms with van der Waals surface area (Å²) in [6.45, 7) is 0. The van der Waals surface area contributed by atoms with Crippen LogP contribution in [0.4, 0.5) is 14.5 Å². The van der Waals surface area contributed by atoms with Gasteiger partial charge in [-0.2, -0.15) is 4.39 Å². The Kier molecular flexibility index (Phi) is 3.74. The average Bonchev–Trinajstić information content (AvgIpc) is 2.16. The van der Waals surface area contributed by atoms with E-state index in [1.54, 1.807) is 0 Å². The van der Waals surface area contributed by atoms with Crippen molar-refractivity contribution in [2.75, 3.05) is 5.88 Å². The predicted octanol–water partition coefficient (Wildman–Crippen LogP) is 3.13. The van der Waals surface area contributed by atoms with Crippen LogP contribution in [0.2, 0.25) is 0 Å². The fourth-order valence-corrected chi connectivity index (χ4v) is 1.08. The highest BCUT2D eigenvalue weighted by molar-refractivity contribution is 6.19. The standard InChI is InChI=1S/C9H6ClF2NO2/c10-3-1-2-6-4-9(13(14)15)8(12)5-7(6)11/h1-2,4-5H,3H2. The molecule has 0 unspecified atom stereocenters. The summed E-state index contributed by atoms with van der Waals surface area (Å²) < 4.78 is 25.9. The van der Waals surface area contributed by atoms with Gasteiger partial charge in [0.25, 0.3) is 0 Å². The van der Waals surface area contributed by atoms with E-state index in [1.807, 2.05) is 0 Å². The maximum Gasteiger partial charge on any atom is 0.305 e. The first-order valence-corrected chi connectivity index (χ1v) is 4.45. The largest absolute Gasteiger partial charge is 0.305 e. The van der Waals surface area contributed by atoms with Crippen LogP contribution in [0, 0.1) is 21.7 Å². The maximum atomic E-state index is 13.1. The fourth-order valence-electron chi connectivity index (χ4n) is 0.993. The SMILES string of the molecule is O=[N+]([O-])c1cc(C=CCCl)c(F)cc1F. The first-order valence-electron chi connectivity index (χ1n) is 3.92. The molecule has 1 aromatic carbocycles. The van der Waals surface area contributed by atoms with Crippen LogP contribution in [0.25, 0.3) is 6.08 Å². The van der Waals surface area contributed by atoms with Crippen molar-refractivity contribution in [1.82, 2.24) is 0 Å². The van der Waals surface area contributed by atoms with E-state index < -0.39 is 22.2 Å². The summed E-state index contributed by atoms with van der Waals surface area (Å²) in [5.41, 5.74) is -0.825. The topological polar surface area (TPSA) is 43.1 Å². The van der Waals surface area contributed by atoms with Gasteiger partial charge >= 0.3 is 5.69 Å². The van der Waals surface area contributed by atoms with Crippen molar-refractivity contribution < 1.29 is 13.7 Å². The van der Waals surface area contributed by atoms with Crippen LogP contribution in [0.1, 0.15) is 5.56 Å². The molecule has 0 spiro atoms. The summed E-state index contributed by atoms with van der Waals surface area (Å²) in [6, 6.07) is 1.31. The maximum absolute atomic E-state index is 13.1. The molecule has 0 amide bonds. The van der Waals surface area contributed by atoms with Gasteiger partial charge in [0, 0.05) is 23.6 Å². The van der Waals surface area contributed by atoms with Crippen LogP contribution in [-0.2, 0) is 0 Å². The third-order valence-corrected chi connectivity index (χ3v) is 1.83. The lowest BCUT2D eigenvalue weighted by Gasteiger charge is -1.98. The highest BCUT2D eigenvalue weighted by Crippen LogP contribution is 2.22. The lowest BCUT2D eigenvalue weighted by Crippen LogP contribution is -1.95. The molecule has 0 aliphatic carbocycles. The van der Waals surface area contributed by atoms with Crippen molar-refractivity contribution in [3.8, 4) is 0 Å². The molecule has 0 bridgehead atoms. The molecule has 0 aliphatic heterocycles. The zero-order valence-corrected chi connectivity index (χ0v) is 8.17. The minimum atomic E-state index is -1.19. The first kappa shape index (κ1) is 11.6. The van der Waals surface area contributed by atoms with Crippen LogP contribution in [0.15, 0.2) is 18.2 Å². The molecule has 0 aliphatic rings. The number of allylic oxidation sites excluding steroid dienone is 1. The Morgan fingerprint density at radius 2 is 2.07 bits per heavy atom. The van der Waals surface area contributed by atoms with Gasteiger partial charge in [0.15, 0.2) is 0 Å². The number of nitro groups is 1. The van der Waals surface area contributed by atoms with E-state index in [2.05, 4.69) is 0 Å². The third-order valence-electron chi connectivity index (χ3n) is 1.65. The molecule has 0 radical (unpaired) electrons. The molecule has 0 atom stereocenters. The normalized spacial score (nSPS) is 10.9. The Hall–Kier alpha value is -1.49. The summed E-state index contributed by atoms with van der Waals surface area (Å²) >= 11 is 5.32. The number of hydrogen-bond acceptors (Lipinski definition) is 2. The summed E-state index contributed by atoms with van der Waals surface area (Å²) in [6.07, 6.45) is 2.66. The van der Waals surface area contributed by atoms with E-state index >= 15 is 0 Å². The number of nitro benzene ring substituents is 1. The number of alkyl halides is 1. The van der Waals surface area contributed by atoms with Crippen molar-refractivity contribution in [2.45, 2.75) is 0 Å². The Labute approximate surface area is 89.1 Å². The predicted molar refractivity (Wildman–Crippen MR) is 52.8 cm³/mol. The van der Waals surface area contributed by atoms with E-state index in [0.29, 0.717) is 6.07 Å². The lowest BCUT2D eigenvalue weighted by atomic mass is 10.1. The Morgan fingerprint density at radius 3 is 2.60 bits per heavy atom. The molecule has 6 heteroatoms. The molecule has 1 rings (SSSR count). The second-order valence-electron chi connectivity index (χ2n) is 2.64. The average molecular weight is 234 g/mol. The molecule has 0 N–H and O–H groups in total. The van der Waals surface area contributed by atoms with Gasteiger partial charge in [0.05, 0.1) is 4.92 Å². The minimum Gasteiger partial charge on any atom is -0.258 e. The van der Waals surface area contributed by atoms with Gasteiger partial charge in [-0.3, -0.25) is 10.1 Å². The molecule has 80 valence electrons. The minimum absolute atomic E-state index is 0.0660. The van der Waals surface area contributed by atoms with E-state index in [9.17, 15) is 18.9 Å². The Bertz CT molecular complexity index is 421. The zero-order valence-electron chi connectivity index (χ0n) is 7.41. The van der Waals surface area contributed by atoms with Crippen LogP contribution >= 0.6 is 11.6 Å². The van der Waals surface area contributed by atoms with Gasteiger partial charge in [-0.05, 0) is 0 Å². The third kappa shape index (κ3) is 2.73. The second kappa shape index (κ2) is 4.84. The Morgan fingerprint density at radius 1 is 1.40 bits per heavy atom. The summed E-state index contributed by atoms with van der Waals surface area (Å²) in [4.78, 5) is 9.44. The van der Waals surface area contributed by atoms with E-state index in [-0.39, 0.29) is 11.4 Å². The molecular formula is C9H6ClF2NO2. The summed E-state index contributed by atoms with van der Waals surface area (Å²) in [5.74, 6) is -1.91. The molecule has 0 fully saturated rings. The van der Waals surface area contributed by atoms with Crippen molar-refractivity contribution in [1.29, 1.82) is 0 Å². The van der Waals surface area contributed by atoms with Gasteiger partial charge in [-0.15, -0.1) is 11.6 Å². The molecule has 0 heterocycles. The van der Waals surface area contributed by atoms with Crippen LogP contribution in [0.5, 0.6) is 0 Å². The number of benzene rings is 1. The highest BCUT2D eigenvalue weighted by atomic mass is 35.5. The number of nitrogens with zero attached hydrogens (tertiary/aromatic N) is 1. The monoisotopic (exact) mass is 233 g/mol. The Balaban J connectivity index is 3.23. The molecule has 1 aromatic rings. The smallest absolute Gasteiger partial charge is 0.258 e. The molecule has 0 saturated heterocycles. The van der Waals surface area contributed by atoms with Gasteiger partial charge in [-0.25, -0.2) is 4.39 Å². The van der Waals surface area contributed by atoms with Crippen LogP contribution in [0.3, 0.4) is 0 Å². The van der Waals surface area contributed by atoms with Crippen molar-refractivity contribution in [3.63, 3.8) is 0 Å². The molecule has 15 heavy (non-hydrogen) atoms. The van der Waals surface area contributed by atoms with Crippen LogP contribution in [-0.4, -0.2) is 10.8 Å². The van der Waals surface area contributed by atoms with Gasteiger partial charge in [-0.1, -0.05) is 12.2 Å². The van der Waals surface area contributed by atoms with Crippen molar-refractivity contribution in [2.24, 2.45) is 0 Å². The molecule has 3 nitrogen and oxygen atoms in total. The van der Waals surface area contributed by atoms with Gasteiger partial charge in [0.2, 0.25) is 5.82 Å². The first-order chi connectivity index (χ1) is 7.06. The zero-order chi connectivity index (χ0) is 11.4.